The largest absolute Gasteiger partial charge is 0.489 e. The smallest absolute Gasteiger partial charge is 0.252 e. The Hall–Kier alpha value is -1.63. The van der Waals surface area contributed by atoms with Crippen molar-refractivity contribution in [2.24, 2.45) is 0 Å². The molecule has 1 atom stereocenters. The summed E-state index contributed by atoms with van der Waals surface area (Å²) in [7, 11) is 1.59. The van der Waals surface area contributed by atoms with Crippen LogP contribution in [0.5, 0.6) is 5.75 Å². The van der Waals surface area contributed by atoms with E-state index in [4.69, 9.17) is 14.0 Å². The molecule has 0 aliphatic carbocycles. The number of rotatable bonds is 5. The van der Waals surface area contributed by atoms with Crippen molar-refractivity contribution in [3.05, 3.63) is 30.2 Å². The fraction of sp³-hybridized carbons (Fsp3) is 0.429. The molecule has 1 aromatic carbocycles. The van der Waals surface area contributed by atoms with Gasteiger partial charge in [0.25, 0.3) is 5.89 Å². The third-order valence-corrected chi connectivity index (χ3v) is 3.17. The van der Waals surface area contributed by atoms with Gasteiger partial charge in [0.1, 0.15) is 18.5 Å². The molecule has 3 rings (SSSR count). The van der Waals surface area contributed by atoms with Crippen molar-refractivity contribution in [2.75, 3.05) is 20.2 Å². The Balaban J connectivity index is 0.00000161. The first-order valence-electron chi connectivity index (χ1n) is 6.64. The zero-order chi connectivity index (χ0) is 13.8. The molecule has 114 valence electrons. The molecule has 1 aliphatic heterocycles. The van der Waals surface area contributed by atoms with Gasteiger partial charge in [-0.3, -0.25) is 0 Å². The molecule has 1 N–H and O–H groups in total. The molecule has 1 saturated heterocycles. The predicted molar refractivity (Wildman–Crippen MR) is 79.6 cm³/mol. The number of aromatic nitrogens is 2. The number of hydrogen-bond acceptors (Lipinski definition) is 6. The van der Waals surface area contributed by atoms with Crippen LogP contribution >= 0.6 is 12.4 Å². The number of halogens is 1. The van der Waals surface area contributed by atoms with E-state index in [9.17, 15) is 0 Å². The van der Waals surface area contributed by atoms with Crippen molar-refractivity contribution < 1.29 is 14.0 Å². The fourth-order valence-corrected chi connectivity index (χ4v) is 2.16. The quantitative estimate of drug-likeness (QED) is 0.911. The predicted octanol–water partition coefficient (Wildman–Crippen LogP) is 2.05. The topological polar surface area (TPSA) is 69.4 Å². The van der Waals surface area contributed by atoms with Crippen LogP contribution in [-0.2, 0) is 11.3 Å². The Kier molecular flexibility index (Phi) is 5.55. The number of hydrogen-bond donors (Lipinski definition) is 1. The second kappa shape index (κ2) is 7.40. The molecule has 0 spiro atoms. The number of nitrogens with zero attached hydrogens (tertiary/aromatic N) is 2. The highest BCUT2D eigenvalue weighted by Gasteiger charge is 2.16. The summed E-state index contributed by atoms with van der Waals surface area (Å²) in [4.78, 5) is 4.25. The molecule has 21 heavy (non-hydrogen) atoms. The number of nitrogens with one attached hydrogen (secondary N) is 1. The standard InChI is InChI=1S/C14H17N3O3.ClH/c1-18-9-13-16-14(17-20-13)10-2-4-11(5-3-10)19-12-6-7-15-8-12;/h2-5,12,15H,6-9H2,1H3;1H. The van der Waals surface area contributed by atoms with Crippen LogP contribution in [0, 0.1) is 0 Å². The normalized spacial score (nSPS) is 17.5. The van der Waals surface area contributed by atoms with E-state index >= 15 is 0 Å². The van der Waals surface area contributed by atoms with Gasteiger partial charge >= 0.3 is 0 Å². The first-order valence-corrected chi connectivity index (χ1v) is 6.64. The van der Waals surface area contributed by atoms with E-state index < -0.39 is 0 Å². The van der Waals surface area contributed by atoms with Gasteiger partial charge in [0.15, 0.2) is 0 Å². The third-order valence-electron chi connectivity index (χ3n) is 3.17. The first kappa shape index (κ1) is 15.8. The maximum Gasteiger partial charge on any atom is 0.252 e. The Morgan fingerprint density at radius 2 is 2.14 bits per heavy atom. The third kappa shape index (κ3) is 3.93. The van der Waals surface area contributed by atoms with Crippen molar-refractivity contribution in [3.63, 3.8) is 0 Å². The SMILES string of the molecule is COCc1nc(-c2ccc(OC3CCNC3)cc2)no1.Cl. The molecule has 1 unspecified atom stereocenters. The summed E-state index contributed by atoms with van der Waals surface area (Å²) in [6.07, 6.45) is 1.31. The first-order chi connectivity index (χ1) is 9.85. The minimum atomic E-state index is 0. The Labute approximate surface area is 129 Å². The van der Waals surface area contributed by atoms with Crippen molar-refractivity contribution in [1.82, 2.24) is 15.5 Å². The van der Waals surface area contributed by atoms with Crippen LogP contribution in [0.1, 0.15) is 12.3 Å². The molecule has 1 fully saturated rings. The summed E-state index contributed by atoms with van der Waals surface area (Å²) >= 11 is 0. The molecule has 1 aliphatic rings. The van der Waals surface area contributed by atoms with E-state index in [-0.39, 0.29) is 18.5 Å². The van der Waals surface area contributed by atoms with Crippen LogP contribution < -0.4 is 10.1 Å². The van der Waals surface area contributed by atoms with E-state index in [0.29, 0.717) is 18.3 Å². The highest BCUT2D eigenvalue weighted by Crippen LogP contribution is 2.21. The van der Waals surface area contributed by atoms with Crippen molar-refractivity contribution in [1.29, 1.82) is 0 Å². The maximum absolute atomic E-state index is 5.86. The summed E-state index contributed by atoms with van der Waals surface area (Å²) in [5.41, 5.74) is 0.896. The number of benzene rings is 1. The summed E-state index contributed by atoms with van der Waals surface area (Å²) < 4.78 is 15.9. The maximum atomic E-state index is 5.86. The average molecular weight is 312 g/mol. The fourth-order valence-electron chi connectivity index (χ4n) is 2.16. The van der Waals surface area contributed by atoms with E-state index in [2.05, 4.69) is 15.5 Å². The molecule has 1 aromatic heterocycles. The molecule has 0 bridgehead atoms. The Morgan fingerprint density at radius 3 is 2.81 bits per heavy atom. The average Bonchev–Trinajstić information content (AvgIpc) is 3.12. The second-order valence-corrected chi connectivity index (χ2v) is 4.70. The van der Waals surface area contributed by atoms with E-state index in [1.54, 1.807) is 7.11 Å². The van der Waals surface area contributed by atoms with Gasteiger partial charge in [0.05, 0.1) is 0 Å². The van der Waals surface area contributed by atoms with Gasteiger partial charge in [-0.25, -0.2) is 0 Å². The molecule has 7 heteroatoms. The minimum Gasteiger partial charge on any atom is -0.489 e. The molecule has 0 saturated carbocycles. The Morgan fingerprint density at radius 1 is 1.33 bits per heavy atom. The van der Waals surface area contributed by atoms with E-state index in [1.165, 1.54) is 0 Å². The number of ether oxygens (including phenoxy) is 2. The van der Waals surface area contributed by atoms with Gasteiger partial charge < -0.3 is 19.3 Å². The zero-order valence-corrected chi connectivity index (χ0v) is 12.6. The highest BCUT2D eigenvalue weighted by molar-refractivity contribution is 5.85. The minimum absolute atomic E-state index is 0. The van der Waals surface area contributed by atoms with Gasteiger partial charge in [0, 0.05) is 19.2 Å². The summed E-state index contributed by atoms with van der Waals surface area (Å²) in [6.45, 7) is 2.25. The van der Waals surface area contributed by atoms with Gasteiger partial charge in [-0.1, -0.05) is 5.16 Å². The van der Waals surface area contributed by atoms with Crippen molar-refractivity contribution >= 4 is 12.4 Å². The molecule has 0 amide bonds. The summed E-state index contributed by atoms with van der Waals surface area (Å²) in [6, 6.07) is 7.72. The summed E-state index contributed by atoms with van der Waals surface area (Å²) in [5.74, 6) is 1.90. The zero-order valence-electron chi connectivity index (χ0n) is 11.7. The van der Waals surface area contributed by atoms with Crippen LogP contribution in [0.3, 0.4) is 0 Å². The van der Waals surface area contributed by atoms with Crippen LogP contribution in [0.2, 0.25) is 0 Å². The lowest BCUT2D eigenvalue weighted by atomic mass is 10.2. The lowest BCUT2D eigenvalue weighted by Gasteiger charge is -2.12. The Bertz CT molecular complexity index is 553. The van der Waals surface area contributed by atoms with Crippen LogP contribution in [0.15, 0.2) is 28.8 Å². The van der Waals surface area contributed by atoms with Crippen LogP contribution in [0.25, 0.3) is 11.4 Å². The van der Waals surface area contributed by atoms with E-state index in [0.717, 1.165) is 30.8 Å². The summed E-state index contributed by atoms with van der Waals surface area (Å²) in [5, 5.41) is 7.20. The highest BCUT2D eigenvalue weighted by atomic mass is 35.5. The van der Waals surface area contributed by atoms with Gasteiger partial charge in [-0.05, 0) is 37.2 Å². The molecule has 2 heterocycles. The molecular weight excluding hydrogens is 294 g/mol. The molecular formula is C14H18ClN3O3. The monoisotopic (exact) mass is 311 g/mol. The lowest BCUT2D eigenvalue weighted by molar-refractivity contribution is 0.151. The van der Waals surface area contributed by atoms with Gasteiger partial charge in [0.2, 0.25) is 5.82 Å². The van der Waals surface area contributed by atoms with Gasteiger partial charge in [-0.15, -0.1) is 12.4 Å². The van der Waals surface area contributed by atoms with Gasteiger partial charge in [-0.2, -0.15) is 4.98 Å². The second-order valence-electron chi connectivity index (χ2n) is 4.70. The van der Waals surface area contributed by atoms with Crippen molar-refractivity contribution in [2.45, 2.75) is 19.1 Å². The van der Waals surface area contributed by atoms with Crippen LogP contribution in [0.4, 0.5) is 0 Å². The number of methoxy groups -OCH3 is 1. The molecule has 2 aromatic rings. The lowest BCUT2D eigenvalue weighted by Crippen LogP contribution is -2.19. The molecule has 0 radical (unpaired) electrons. The van der Waals surface area contributed by atoms with Crippen molar-refractivity contribution in [3.8, 4) is 17.1 Å². The van der Waals surface area contributed by atoms with E-state index in [1.807, 2.05) is 24.3 Å². The van der Waals surface area contributed by atoms with Crippen LogP contribution in [-0.4, -0.2) is 36.4 Å². The molecule has 6 nitrogen and oxygen atoms in total.